The van der Waals surface area contributed by atoms with Crippen molar-refractivity contribution in [3.8, 4) is 0 Å². The van der Waals surface area contributed by atoms with Gasteiger partial charge in [-0.25, -0.2) is 0 Å². The van der Waals surface area contributed by atoms with Crippen molar-refractivity contribution in [3.05, 3.63) is 0 Å². The minimum Gasteiger partial charge on any atom is -0.465 e. The zero-order chi connectivity index (χ0) is 15.8. The van der Waals surface area contributed by atoms with E-state index in [0.29, 0.717) is 12.5 Å². The number of hydrogen-bond acceptors (Lipinski definition) is 3. The third-order valence-electron chi connectivity index (χ3n) is 5.69. The first-order valence-electron chi connectivity index (χ1n) is 9.34. The molecule has 2 fully saturated rings. The summed E-state index contributed by atoms with van der Waals surface area (Å²) in [6.07, 6.45) is 13.4. The second kappa shape index (κ2) is 9.32. The lowest BCUT2D eigenvalue weighted by atomic mass is 9.80. The molecule has 0 radical (unpaired) electrons. The number of esters is 1. The van der Waals surface area contributed by atoms with Gasteiger partial charge in [-0.1, -0.05) is 26.2 Å². The minimum atomic E-state index is 0.0338. The number of hydrogen-bond donors (Lipinski definition) is 0. The predicted molar refractivity (Wildman–Crippen MR) is 87.4 cm³/mol. The lowest BCUT2D eigenvalue weighted by molar-refractivity contribution is -0.152. The van der Waals surface area contributed by atoms with Gasteiger partial charge in [-0.3, -0.25) is 4.79 Å². The highest BCUT2D eigenvalue weighted by Crippen LogP contribution is 2.33. The lowest BCUT2D eigenvalue weighted by Gasteiger charge is -2.29. The van der Waals surface area contributed by atoms with Crippen LogP contribution >= 0.6 is 0 Å². The average molecular weight is 308 g/mol. The van der Waals surface area contributed by atoms with Crippen molar-refractivity contribution >= 4 is 12.3 Å². The average Bonchev–Trinajstić information content (AvgIpc) is 2.58. The summed E-state index contributed by atoms with van der Waals surface area (Å²) in [5.41, 5.74) is 0. The Kier molecular flexibility index (Phi) is 7.41. The zero-order valence-corrected chi connectivity index (χ0v) is 14.1. The third kappa shape index (κ3) is 5.40. The number of carbonyl (C=O) groups is 2. The fourth-order valence-corrected chi connectivity index (χ4v) is 3.99. The maximum atomic E-state index is 12.2. The second-order valence-corrected chi connectivity index (χ2v) is 7.41. The largest absolute Gasteiger partial charge is 0.465 e. The summed E-state index contributed by atoms with van der Waals surface area (Å²) < 4.78 is 5.58. The molecule has 0 amide bonds. The Labute approximate surface area is 135 Å². The summed E-state index contributed by atoms with van der Waals surface area (Å²) >= 11 is 0. The van der Waals surface area contributed by atoms with Crippen LogP contribution in [-0.2, 0) is 14.3 Å². The summed E-state index contributed by atoms with van der Waals surface area (Å²) in [6.45, 7) is 2.81. The molecule has 0 atom stereocenters. The van der Waals surface area contributed by atoms with Crippen molar-refractivity contribution in [2.24, 2.45) is 23.7 Å². The van der Waals surface area contributed by atoms with E-state index >= 15 is 0 Å². The molecule has 2 saturated carbocycles. The highest BCUT2D eigenvalue weighted by molar-refractivity contribution is 5.72. The van der Waals surface area contributed by atoms with Gasteiger partial charge in [0.05, 0.1) is 12.5 Å². The van der Waals surface area contributed by atoms with Gasteiger partial charge < -0.3 is 9.53 Å². The Balaban J connectivity index is 1.61. The topological polar surface area (TPSA) is 43.4 Å². The van der Waals surface area contributed by atoms with Crippen molar-refractivity contribution in [3.63, 3.8) is 0 Å². The summed E-state index contributed by atoms with van der Waals surface area (Å²) in [5.74, 6) is 1.73. The van der Waals surface area contributed by atoms with Gasteiger partial charge in [0.15, 0.2) is 0 Å². The van der Waals surface area contributed by atoms with E-state index in [9.17, 15) is 9.59 Å². The standard InChI is InChI=1S/C19H32O3/c1-2-3-4-15-9-11-18(12-10-15)19(21)22-14-17-7-5-16(13-20)6-8-17/h13,15-18H,2-12,14H2,1H3. The van der Waals surface area contributed by atoms with Crippen LogP contribution in [0.3, 0.4) is 0 Å². The van der Waals surface area contributed by atoms with E-state index in [-0.39, 0.29) is 17.8 Å². The first-order valence-corrected chi connectivity index (χ1v) is 9.34. The van der Waals surface area contributed by atoms with Gasteiger partial charge in [0.1, 0.15) is 6.29 Å². The van der Waals surface area contributed by atoms with Crippen LogP contribution in [0.4, 0.5) is 0 Å². The molecule has 2 aliphatic rings. The molecular formula is C19H32O3. The Hall–Kier alpha value is -0.860. The molecule has 0 saturated heterocycles. The van der Waals surface area contributed by atoms with E-state index in [4.69, 9.17) is 4.74 Å². The van der Waals surface area contributed by atoms with Crippen molar-refractivity contribution in [1.82, 2.24) is 0 Å². The fraction of sp³-hybridized carbons (Fsp3) is 0.895. The van der Waals surface area contributed by atoms with Crippen LogP contribution in [0, 0.1) is 23.7 Å². The van der Waals surface area contributed by atoms with Crippen LogP contribution in [0.5, 0.6) is 0 Å². The van der Waals surface area contributed by atoms with E-state index in [0.717, 1.165) is 50.7 Å². The van der Waals surface area contributed by atoms with E-state index in [1.807, 2.05) is 0 Å². The van der Waals surface area contributed by atoms with Crippen LogP contribution in [0.25, 0.3) is 0 Å². The number of rotatable bonds is 7. The van der Waals surface area contributed by atoms with E-state index in [1.165, 1.54) is 32.1 Å². The van der Waals surface area contributed by atoms with Crippen molar-refractivity contribution in [1.29, 1.82) is 0 Å². The molecule has 0 unspecified atom stereocenters. The Morgan fingerprint density at radius 1 is 1.00 bits per heavy atom. The van der Waals surface area contributed by atoms with Crippen LogP contribution < -0.4 is 0 Å². The highest BCUT2D eigenvalue weighted by Gasteiger charge is 2.28. The molecule has 0 aromatic heterocycles. The van der Waals surface area contributed by atoms with Crippen molar-refractivity contribution in [2.75, 3.05) is 6.61 Å². The summed E-state index contributed by atoms with van der Waals surface area (Å²) in [6, 6.07) is 0. The number of ether oxygens (including phenoxy) is 1. The summed E-state index contributed by atoms with van der Waals surface area (Å²) in [4.78, 5) is 22.9. The van der Waals surface area contributed by atoms with Crippen molar-refractivity contribution < 1.29 is 14.3 Å². The maximum Gasteiger partial charge on any atom is 0.308 e. The monoisotopic (exact) mass is 308 g/mol. The second-order valence-electron chi connectivity index (χ2n) is 7.41. The first kappa shape index (κ1) is 17.5. The predicted octanol–water partition coefficient (Wildman–Crippen LogP) is 4.53. The summed E-state index contributed by atoms with van der Waals surface area (Å²) in [7, 11) is 0. The molecular weight excluding hydrogens is 276 g/mol. The molecule has 0 bridgehead atoms. The van der Waals surface area contributed by atoms with Gasteiger partial charge in [0.25, 0.3) is 0 Å². The van der Waals surface area contributed by atoms with Gasteiger partial charge in [-0.15, -0.1) is 0 Å². The SMILES string of the molecule is CCCCC1CCC(C(=O)OCC2CCC(C=O)CC2)CC1. The lowest BCUT2D eigenvalue weighted by Crippen LogP contribution is -2.27. The summed E-state index contributed by atoms with van der Waals surface area (Å²) in [5, 5.41) is 0. The van der Waals surface area contributed by atoms with Crippen LogP contribution in [-0.4, -0.2) is 18.9 Å². The molecule has 2 rings (SSSR count). The molecule has 0 aliphatic heterocycles. The molecule has 0 spiro atoms. The maximum absolute atomic E-state index is 12.2. The molecule has 0 aromatic rings. The van der Waals surface area contributed by atoms with Gasteiger partial charge in [0.2, 0.25) is 0 Å². The van der Waals surface area contributed by atoms with Gasteiger partial charge in [0, 0.05) is 5.92 Å². The number of unbranched alkanes of at least 4 members (excludes halogenated alkanes) is 1. The molecule has 126 valence electrons. The molecule has 3 nitrogen and oxygen atoms in total. The third-order valence-corrected chi connectivity index (χ3v) is 5.69. The van der Waals surface area contributed by atoms with E-state index in [2.05, 4.69) is 6.92 Å². The molecule has 2 aliphatic carbocycles. The molecule has 0 N–H and O–H groups in total. The minimum absolute atomic E-state index is 0.0338. The van der Waals surface area contributed by atoms with E-state index < -0.39 is 0 Å². The van der Waals surface area contributed by atoms with Gasteiger partial charge >= 0.3 is 5.97 Å². The Morgan fingerprint density at radius 2 is 1.64 bits per heavy atom. The van der Waals surface area contributed by atoms with Gasteiger partial charge in [-0.05, 0) is 63.2 Å². The normalized spacial score (nSPS) is 32.4. The quantitative estimate of drug-likeness (QED) is 0.512. The zero-order valence-electron chi connectivity index (χ0n) is 14.1. The smallest absolute Gasteiger partial charge is 0.308 e. The highest BCUT2D eigenvalue weighted by atomic mass is 16.5. The van der Waals surface area contributed by atoms with Gasteiger partial charge in [-0.2, -0.15) is 0 Å². The van der Waals surface area contributed by atoms with Crippen LogP contribution in [0.2, 0.25) is 0 Å². The first-order chi connectivity index (χ1) is 10.7. The Bertz CT molecular complexity index is 337. The molecule has 0 aromatic carbocycles. The number of aldehydes is 1. The van der Waals surface area contributed by atoms with Crippen LogP contribution in [0.15, 0.2) is 0 Å². The fourth-order valence-electron chi connectivity index (χ4n) is 3.99. The van der Waals surface area contributed by atoms with Crippen LogP contribution in [0.1, 0.15) is 77.6 Å². The Morgan fingerprint density at radius 3 is 2.23 bits per heavy atom. The van der Waals surface area contributed by atoms with E-state index in [1.54, 1.807) is 0 Å². The molecule has 0 heterocycles. The molecule has 22 heavy (non-hydrogen) atoms. The number of carbonyl (C=O) groups excluding carboxylic acids is 2. The van der Waals surface area contributed by atoms with Crippen molar-refractivity contribution in [2.45, 2.75) is 77.6 Å². The molecule has 3 heteroatoms.